The van der Waals surface area contributed by atoms with Gasteiger partial charge in [-0.15, -0.1) is 0 Å². The monoisotopic (exact) mass is 335 g/mol. The Bertz CT molecular complexity index is 353. The van der Waals surface area contributed by atoms with Crippen molar-refractivity contribution in [3.8, 4) is 0 Å². The Labute approximate surface area is 109 Å². The lowest BCUT2D eigenvalue weighted by Crippen LogP contribution is -2.26. The van der Waals surface area contributed by atoms with Gasteiger partial charge in [-0.1, -0.05) is 6.07 Å². The maximum absolute atomic E-state index is 12.9. The first kappa shape index (κ1) is 12.3. The van der Waals surface area contributed by atoms with E-state index in [0.29, 0.717) is 6.10 Å². The Morgan fingerprint density at radius 2 is 2.38 bits per heavy atom. The molecular weight excluding hydrogens is 320 g/mol. The van der Waals surface area contributed by atoms with E-state index in [2.05, 4.69) is 27.9 Å². The summed E-state index contributed by atoms with van der Waals surface area (Å²) in [4.78, 5) is 0. The van der Waals surface area contributed by atoms with Crippen molar-refractivity contribution < 1.29 is 9.13 Å². The molecule has 1 fully saturated rings. The summed E-state index contributed by atoms with van der Waals surface area (Å²) in [7, 11) is 0. The van der Waals surface area contributed by atoms with Crippen LogP contribution < -0.4 is 5.32 Å². The van der Waals surface area contributed by atoms with Crippen molar-refractivity contribution in [3.63, 3.8) is 0 Å². The van der Waals surface area contributed by atoms with Crippen molar-refractivity contribution >= 4 is 22.6 Å². The summed E-state index contributed by atoms with van der Waals surface area (Å²) in [5, 5.41) is 3.35. The van der Waals surface area contributed by atoms with Gasteiger partial charge < -0.3 is 10.1 Å². The molecule has 2 rings (SSSR count). The smallest absolute Gasteiger partial charge is 0.124 e. The Morgan fingerprint density at radius 1 is 1.50 bits per heavy atom. The average molecular weight is 335 g/mol. The molecule has 16 heavy (non-hydrogen) atoms. The zero-order valence-corrected chi connectivity index (χ0v) is 11.2. The topological polar surface area (TPSA) is 21.3 Å². The first-order chi connectivity index (χ1) is 7.75. The van der Waals surface area contributed by atoms with Gasteiger partial charge in [-0.2, -0.15) is 0 Å². The van der Waals surface area contributed by atoms with E-state index in [1.807, 2.05) is 6.07 Å². The van der Waals surface area contributed by atoms with E-state index < -0.39 is 0 Å². The van der Waals surface area contributed by atoms with Crippen LogP contribution in [0.2, 0.25) is 0 Å². The molecule has 1 aromatic rings. The fourth-order valence-electron chi connectivity index (χ4n) is 1.84. The van der Waals surface area contributed by atoms with Crippen molar-refractivity contribution in [3.05, 3.63) is 33.1 Å². The third-order valence-corrected chi connectivity index (χ3v) is 3.73. The van der Waals surface area contributed by atoms with Gasteiger partial charge in [0.2, 0.25) is 0 Å². The van der Waals surface area contributed by atoms with Crippen LogP contribution in [0.4, 0.5) is 4.39 Å². The van der Waals surface area contributed by atoms with Crippen LogP contribution in [0.3, 0.4) is 0 Å². The molecule has 1 N–H and O–H groups in total. The lowest BCUT2D eigenvalue weighted by atomic mass is 10.2. The number of halogens is 2. The SMILES string of the molecule is Fc1ccc(CNCC2CCCO2)c(I)c1. The van der Waals surface area contributed by atoms with Gasteiger partial charge in [-0.05, 0) is 53.1 Å². The van der Waals surface area contributed by atoms with Crippen LogP contribution in [-0.4, -0.2) is 19.3 Å². The highest BCUT2D eigenvalue weighted by molar-refractivity contribution is 14.1. The van der Waals surface area contributed by atoms with Crippen LogP contribution in [0.1, 0.15) is 18.4 Å². The van der Waals surface area contributed by atoms with Crippen LogP contribution >= 0.6 is 22.6 Å². The quantitative estimate of drug-likeness (QED) is 0.855. The van der Waals surface area contributed by atoms with Crippen molar-refractivity contribution in [2.45, 2.75) is 25.5 Å². The number of nitrogens with one attached hydrogen (secondary N) is 1. The van der Waals surface area contributed by atoms with Gasteiger partial charge in [-0.25, -0.2) is 4.39 Å². The molecule has 0 spiro atoms. The number of benzene rings is 1. The molecule has 0 aliphatic carbocycles. The molecule has 2 nitrogen and oxygen atoms in total. The van der Waals surface area contributed by atoms with E-state index in [0.717, 1.165) is 35.3 Å². The Kier molecular flexibility index (Phi) is 4.55. The Balaban J connectivity index is 1.80. The van der Waals surface area contributed by atoms with Gasteiger partial charge in [0.05, 0.1) is 6.10 Å². The van der Waals surface area contributed by atoms with Gasteiger partial charge >= 0.3 is 0 Å². The maximum Gasteiger partial charge on any atom is 0.124 e. The highest BCUT2D eigenvalue weighted by atomic mass is 127. The second-order valence-corrected chi connectivity index (χ2v) is 5.16. The van der Waals surface area contributed by atoms with E-state index in [1.54, 1.807) is 6.07 Å². The third kappa shape index (κ3) is 3.40. The first-order valence-corrected chi connectivity index (χ1v) is 6.60. The minimum absolute atomic E-state index is 0.174. The summed E-state index contributed by atoms with van der Waals surface area (Å²) in [6, 6.07) is 4.90. The summed E-state index contributed by atoms with van der Waals surface area (Å²) in [5.74, 6) is -0.174. The molecule has 0 bridgehead atoms. The van der Waals surface area contributed by atoms with Crippen LogP contribution in [0.5, 0.6) is 0 Å². The molecule has 0 amide bonds. The highest BCUT2D eigenvalue weighted by Gasteiger charge is 2.14. The van der Waals surface area contributed by atoms with Gasteiger partial charge in [0.1, 0.15) is 5.82 Å². The number of rotatable bonds is 4. The standard InChI is InChI=1S/C12H15FINO/c13-10-4-3-9(12(14)6-10)7-15-8-11-2-1-5-16-11/h3-4,6,11,15H,1-2,5,7-8H2. The Hall–Kier alpha value is -0.200. The number of hydrogen-bond donors (Lipinski definition) is 1. The van der Waals surface area contributed by atoms with E-state index >= 15 is 0 Å². The maximum atomic E-state index is 12.9. The largest absolute Gasteiger partial charge is 0.377 e. The lowest BCUT2D eigenvalue weighted by Gasteiger charge is -2.11. The van der Waals surface area contributed by atoms with Crippen LogP contribution in [0.25, 0.3) is 0 Å². The second-order valence-electron chi connectivity index (χ2n) is 4.00. The van der Waals surface area contributed by atoms with Gasteiger partial charge in [0, 0.05) is 23.3 Å². The van der Waals surface area contributed by atoms with Crippen molar-refractivity contribution in [2.75, 3.05) is 13.2 Å². The molecule has 0 radical (unpaired) electrons. The van der Waals surface area contributed by atoms with Gasteiger partial charge in [0.25, 0.3) is 0 Å². The molecule has 1 heterocycles. The predicted molar refractivity (Wildman–Crippen MR) is 69.8 cm³/mol. The van der Waals surface area contributed by atoms with E-state index in [1.165, 1.54) is 12.5 Å². The van der Waals surface area contributed by atoms with Crippen molar-refractivity contribution in [2.24, 2.45) is 0 Å². The van der Waals surface area contributed by atoms with E-state index in [4.69, 9.17) is 4.74 Å². The minimum atomic E-state index is -0.174. The fraction of sp³-hybridized carbons (Fsp3) is 0.500. The predicted octanol–water partition coefficient (Wildman–Crippen LogP) is 2.70. The molecule has 0 aromatic heterocycles. The van der Waals surface area contributed by atoms with Crippen LogP contribution in [0, 0.1) is 9.39 Å². The van der Waals surface area contributed by atoms with Gasteiger partial charge in [0.15, 0.2) is 0 Å². The number of hydrogen-bond acceptors (Lipinski definition) is 2. The molecule has 1 aliphatic rings. The lowest BCUT2D eigenvalue weighted by molar-refractivity contribution is 0.110. The molecule has 88 valence electrons. The second kappa shape index (κ2) is 5.93. The minimum Gasteiger partial charge on any atom is -0.377 e. The summed E-state index contributed by atoms with van der Waals surface area (Å²) < 4.78 is 19.4. The Morgan fingerprint density at radius 3 is 3.06 bits per heavy atom. The highest BCUT2D eigenvalue weighted by Crippen LogP contribution is 2.14. The summed E-state index contributed by atoms with van der Waals surface area (Å²) in [5.41, 5.74) is 1.14. The van der Waals surface area contributed by atoms with Crippen molar-refractivity contribution in [1.82, 2.24) is 5.32 Å². The summed E-state index contributed by atoms with van der Waals surface area (Å²) in [6.07, 6.45) is 2.67. The molecule has 0 saturated carbocycles. The molecule has 1 aliphatic heterocycles. The summed E-state index contributed by atoms with van der Waals surface area (Å²) >= 11 is 2.16. The third-order valence-electron chi connectivity index (χ3n) is 2.73. The average Bonchev–Trinajstić information content (AvgIpc) is 2.74. The zero-order chi connectivity index (χ0) is 11.4. The molecule has 1 saturated heterocycles. The molecule has 1 atom stereocenters. The normalized spacial score (nSPS) is 20.2. The molecule has 1 unspecified atom stereocenters. The van der Waals surface area contributed by atoms with Crippen molar-refractivity contribution in [1.29, 1.82) is 0 Å². The first-order valence-electron chi connectivity index (χ1n) is 5.52. The van der Waals surface area contributed by atoms with Crippen LogP contribution in [0.15, 0.2) is 18.2 Å². The molecule has 1 aromatic carbocycles. The fourth-order valence-corrected chi connectivity index (χ4v) is 2.51. The van der Waals surface area contributed by atoms with E-state index in [-0.39, 0.29) is 5.82 Å². The van der Waals surface area contributed by atoms with Crippen LogP contribution in [-0.2, 0) is 11.3 Å². The number of ether oxygens (including phenoxy) is 1. The zero-order valence-electron chi connectivity index (χ0n) is 9.01. The summed E-state index contributed by atoms with van der Waals surface area (Å²) in [6.45, 7) is 2.55. The van der Waals surface area contributed by atoms with Gasteiger partial charge in [-0.3, -0.25) is 0 Å². The molecule has 4 heteroatoms. The van der Waals surface area contributed by atoms with E-state index in [9.17, 15) is 4.39 Å². The molecular formula is C12H15FINO.